The Hall–Kier alpha value is -2.70. The van der Waals surface area contributed by atoms with Gasteiger partial charge in [-0.05, 0) is 49.1 Å². The Balaban J connectivity index is 1.90. The van der Waals surface area contributed by atoms with Crippen LogP contribution in [0.3, 0.4) is 0 Å². The van der Waals surface area contributed by atoms with Crippen LogP contribution < -0.4 is 0 Å². The summed E-state index contributed by atoms with van der Waals surface area (Å²) in [6.07, 6.45) is -1.67. The number of rotatable bonds is 1. The Morgan fingerprint density at radius 1 is 0.964 bits per heavy atom. The predicted molar refractivity (Wildman–Crippen MR) is 101 cm³/mol. The molecular formula is C22H22O6. The third kappa shape index (κ3) is 2.64. The molecule has 2 aromatic rings. The van der Waals surface area contributed by atoms with E-state index in [2.05, 4.69) is 0 Å². The van der Waals surface area contributed by atoms with E-state index in [9.17, 15) is 30.0 Å². The SMILES string of the molecule is Cc1cc(O)c2c(c1)C(=O)CC(c1c(C)cc3c(c1O)C(=O)CCC3O)C2O. The quantitative estimate of drug-likeness (QED) is 0.602. The number of aliphatic hydroxyl groups excluding tert-OH is 2. The van der Waals surface area contributed by atoms with Gasteiger partial charge in [-0.2, -0.15) is 0 Å². The average Bonchev–Trinajstić information content (AvgIpc) is 2.61. The summed E-state index contributed by atoms with van der Waals surface area (Å²) in [6, 6.07) is 4.77. The van der Waals surface area contributed by atoms with Gasteiger partial charge in [-0.15, -0.1) is 0 Å². The molecule has 4 rings (SSSR count). The molecule has 0 aromatic heterocycles. The molecule has 146 valence electrons. The van der Waals surface area contributed by atoms with Gasteiger partial charge in [0.15, 0.2) is 11.6 Å². The van der Waals surface area contributed by atoms with Crippen molar-refractivity contribution < 1.29 is 30.0 Å². The maximum atomic E-state index is 12.7. The number of carbonyl (C=O) groups is 2. The van der Waals surface area contributed by atoms with Gasteiger partial charge in [0.25, 0.3) is 0 Å². The van der Waals surface area contributed by atoms with Crippen molar-refractivity contribution in [3.05, 3.63) is 57.1 Å². The van der Waals surface area contributed by atoms with Crippen molar-refractivity contribution in [2.45, 2.75) is 51.2 Å². The standard InChI is InChI=1S/C22H22O6/c1-9-5-11-16(25)8-13(21(27)20(11)17(26)6-9)18-10(2)7-12-14(23)3-4-15(24)19(12)22(18)28/h5-7,13-14,21,23,26-28H,3-4,8H2,1-2H3. The Morgan fingerprint density at radius 2 is 1.68 bits per heavy atom. The molecule has 0 heterocycles. The topological polar surface area (TPSA) is 115 Å². The van der Waals surface area contributed by atoms with E-state index in [1.807, 2.05) is 0 Å². The van der Waals surface area contributed by atoms with Crippen LogP contribution in [0.25, 0.3) is 0 Å². The van der Waals surface area contributed by atoms with Crippen LogP contribution in [-0.2, 0) is 0 Å². The molecule has 0 fully saturated rings. The molecule has 0 saturated heterocycles. The van der Waals surface area contributed by atoms with Gasteiger partial charge in [0.1, 0.15) is 11.5 Å². The number of phenols is 2. The highest BCUT2D eigenvalue weighted by molar-refractivity contribution is 6.03. The van der Waals surface area contributed by atoms with Crippen LogP contribution in [-0.4, -0.2) is 32.0 Å². The number of hydrogen-bond acceptors (Lipinski definition) is 6. The number of aryl methyl sites for hydroxylation is 2. The van der Waals surface area contributed by atoms with Crippen molar-refractivity contribution in [2.75, 3.05) is 0 Å². The third-order valence-corrected chi connectivity index (χ3v) is 5.92. The van der Waals surface area contributed by atoms with Gasteiger partial charge in [-0.3, -0.25) is 9.59 Å². The maximum absolute atomic E-state index is 12.7. The largest absolute Gasteiger partial charge is 0.508 e. The van der Waals surface area contributed by atoms with Gasteiger partial charge < -0.3 is 20.4 Å². The first kappa shape index (κ1) is 18.7. The fourth-order valence-corrected chi connectivity index (χ4v) is 4.62. The molecule has 28 heavy (non-hydrogen) atoms. The molecule has 2 aliphatic carbocycles. The fourth-order valence-electron chi connectivity index (χ4n) is 4.62. The minimum absolute atomic E-state index is 0.0546. The molecule has 6 nitrogen and oxygen atoms in total. The molecule has 6 heteroatoms. The summed E-state index contributed by atoms with van der Waals surface area (Å²) in [4.78, 5) is 25.1. The maximum Gasteiger partial charge on any atom is 0.167 e. The molecule has 0 saturated carbocycles. The van der Waals surface area contributed by atoms with Crippen LogP contribution in [0.5, 0.6) is 11.5 Å². The van der Waals surface area contributed by atoms with E-state index in [0.29, 0.717) is 28.7 Å². The van der Waals surface area contributed by atoms with Gasteiger partial charge >= 0.3 is 0 Å². The van der Waals surface area contributed by atoms with E-state index in [-0.39, 0.29) is 52.6 Å². The lowest BCUT2D eigenvalue weighted by molar-refractivity contribution is 0.0831. The highest BCUT2D eigenvalue weighted by Gasteiger charge is 2.40. The number of Topliss-reactive ketones (excluding diaryl/α,β-unsaturated/α-hetero) is 2. The number of fused-ring (bicyclic) bond motifs is 2. The molecule has 2 aliphatic rings. The van der Waals surface area contributed by atoms with Gasteiger partial charge in [0.2, 0.25) is 0 Å². The molecule has 3 atom stereocenters. The normalized spacial score (nSPS) is 24.1. The van der Waals surface area contributed by atoms with E-state index >= 15 is 0 Å². The number of aromatic hydroxyl groups is 2. The second-order valence-electron chi connectivity index (χ2n) is 7.82. The van der Waals surface area contributed by atoms with Crippen LogP contribution in [0.1, 0.15) is 85.9 Å². The zero-order valence-electron chi connectivity index (χ0n) is 15.7. The zero-order valence-corrected chi connectivity index (χ0v) is 15.7. The van der Waals surface area contributed by atoms with Crippen LogP contribution in [0.2, 0.25) is 0 Å². The first-order valence-electron chi connectivity index (χ1n) is 9.33. The summed E-state index contributed by atoms with van der Waals surface area (Å²) in [6.45, 7) is 3.46. The smallest absolute Gasteiger partial charge is 0.167 e. The number of aliphatic hydroxyl groups is 2. The number of hydrogen-bond donors (Lipinski definition) is 4. The first-order valence-corrected chi connectivity index (χ1v) is 9.33. The molecule has 0 bridgehead atoms. The van der Waals surface area contributed by atoms with Crippen molar-refractivity contribution in [2.24, 2.45) is 0 Å². The Morgan fingerprint density at radius 3 is 2.39 bits per heavy atom. The summed E-state index contributed by atoms with van der Waals surface area (Å²) < 4.78 is 0. The van der Waals surface area contributed by atoms with Crippen LogP contribution >= 0.6 is 0 Å². The van der Waals surface area contributed by atoms with Gasteiger partial charge in [0, 0.05) is 35.4 Å². The lowest BCUT2D eigenvalue weighted by Crippen LogP contribution is -2.26. The second-order valence-corrected chi connectivity index (χ2v) is 7.82. The highest BCUT2D eigenvalue weighted by Crippen LogP contribution is 2.50. The van der Waals surface area contributed by atoms with Gasteiger partial charge in [-0.25, -0.2) is 0 Å². The minimum atomic E-state index is -1.21. The molecule has 2 aromatic carbocycles. The van der Waals surface area contributed by atoms with E-state index in [1.54, 1.807) is 26.0 Å². The summed E-state index contributed by atoms with van der Waals surface area (Å²) >= 11 is 0. The second kappa shape index (κ2) is 6.43. The van der Waals surface area contributed by atoms with E-state index in [4.69, 9.17) is 0 Å². The Bertz CT molecular complexity index is 1020. The van der Waals surface area contributed by atoms with Gasteiger partial charge in [0.05, 0.1) is 17.8 Å². The molecule has 0 aliphatic heterocycles. The summed E-state index contributed by atoms with van der Waals surface area (Å²) in [7, 11) is 0. The highest BCUT2D eigenvalue weighted by atomic mass is 16.3. The van der Waals surface area contributed by atoms with Crippen LogP contribution in [0, 0.1) is 13.8 Å². The lowest BCUT2D eigenvalue weighted by atomic mass is 9.73. The molecule has 0 spiro atoms. The molecule has 0 radical (unpaired) electrons. The number of carbonyl (C=O) groups excluding carboxylic acids is 2. The molecule has 0 amide bonds. The zero-order chi connectivity index (χ0) is 20.3. The van der Waals surface area contributed by atoms with Gasteiger partial charge in [-0.1, -0.05) is 6.07 Å². The van der Waals surface area contributed by atoms with Crippen molar-refractivity contribution >= 4 is 11.6 Å². The summed E-state index contributed by atoms with van der Waals surface area (Å²) in [5, 5.41) is 42.4. The van der Waals surface area contributed by atoms with Crippen molar-refractivity contribution in [3.8, 4) is 11.5 Å². The van der Waals surface area contributed by atoms with Crippen molar-refractivity contribution in [3.63, 3.8) is 0 Å². The summed E-state index contributed by atoms with van der Waals surface area (Å²) in [5.41, 5.74) is 2.48. The van der Waals surface area contributed by atoms with E-state index in [0.717, 1.165) is 0 Å². The predicted octanol–water partition coefficient (Wildman–Crippen LogP) is 3.13. The fraction of sp³-hybridized carbons (Fsp3) is 0.364. The number of ketones is 2. The molecule has 3 unspecified atom stereocenters. The molecule has 4 N–H and O–H groups in total. The average molecular weight is 382 g/mol. The van der Waals surface area contributed by atoms with E-state index in [1.165, 1.54) is 6.07 Å². The minimum Gasteiger partial charge on any atom is -0.508 e. The van der Waals surface area contributed by atoms with Crippen molar-refractivity contribution in [1.82, 2.24) is 0 Å². The van der Waals surface area contributed by atoms with E-state index < -0.39 is 18.1 Å². The Kier molecular flexibility index (Phi) is 4.28. The van der Waals surface area contributed by atoms with Crippen LogP contribution in [0.4, 0.5) is 0 Å². The number of benzene rings is 2. The van der Waals surface area contributed by atoms with Crippen LogP contribution in [0.15, 0.2) is 18.2 Å². The molecular weight excluding hydrogens is 360 g/mol. The lowest BCUT2D eigenvalue weighted by Gasteiger charge is -2.33. The Labute approximate surface area is 162 Å². The monoisotopic (exact) mass is 382 g/mol. The third-order valence-electron chi connectivity index (χ3n) is 5.92. The van der Waals surface area contributed by atoms with Crippen molar-refractivity contribution in [1.29, 1.82) is 0 Å². The first-order chi connectivity index (χ1) is 13.2. The summed E-state index contributed by atoms with van der Waals surface area (Å²) in [5.74, 6) is -1.76. The number of phenolic OH excluding ortho intramolecular Hbond substituents is 2.